The lowest BCUT2D eigenvalue weighted by atomic mass is 10.1. The molecule has 0 saturated heterocycles. The summed E-state index contributed by atoms with van der Waals surface area (Å²) in [6.07, 6.45) is 13.6. The van der Waals surface area contributed by atoms with Crippen LogP contribution in [-0.4, -0.2) is 27.2 Å². The van der Waals surface area contributed by atoms with Crippen LogP contribution in [0.15, 0.2) is 0 Å². The van der Waals surface area contributed by atoms with E-state index in [1.165, 1.54) is 64.2 Å². The highest BCUT2D eigenvalue weighted by Crippen LogP contribution is 2.10. The summed E-state index contributed by atoms with van der Waals surface area (Å²) in [6, 6.07) is 0. The molecule has 0 saturated carbocycles. The van der Waals surface area contributed by atoms with Crippen molar-refractivity contribution < 1.29 is 0 Å². The van der Waals surface area contributed by atoms with Crippen LogP contribution in [-0.2, 0) is 0 Å². The van der Waals surface area contributed by atoms with E-state index in [2.05, 4.69) is 32.9 Å². The van der Waals surface area contributed by atoms with E-state index in [4.69, 9.17) is 0 Å². The minimum absolute atomic E-state index is 0.603. The molecule has 1 rings (SSSR count). The Kier molecular flexibility index (Phi) is 9.11. The standard InChI is InChI=1S/C13H27N5/c1-2-3-4-5-6-7-8-9-10-11-12-14-13-15-17-18-16-13/h2-12H2,1H3,(H2,14,15,16,17,18). The molecule has 5 heteroatoms. The highest BCUT2D eigenvalue weighted by molar-refractivity contribution is 5.17. The molecule has 0 bridgehead atoms. The number of H-pyrrole nitrogens is 1. The molecule has 0 atom stereocenters. The van der Waals surface area contributed by atoms with E-state index in [1.807, 2.05) is 0 Å². The first kappa shape index (κ1) is 14.9. The van der Waals surface area contributed by atoms with Gasteiger partial charge in [0.15, 0.2) is 0 Å². The lowest BCUT2D eigenvalue weighted by Crippen LogP contribution is -2.02. The van der Waals surface area contributed by atoms with E-state index < -0.39 is 0 Å². The SMILES string of the molecule is CCCCCCCCCCCCNc1nn[nH]n1. The van der Waals surface area contributed by atoms with Crippen molar-refractivity contribution in [1.82, 2.24) is 20.6 Å². The molecule has 5 nitrogen and oxygen atoms in total. The number of rotatable bonds is 12. The number of unbranched alkanes of at least 4 members (excludes halogenated alkanes) is 9. The normalized spacial score (nSPS) is 10.7. The number of tetrazole rings is 1. The molecule has 0 aliphatic rings. The van der Waals surface area contributed by atoms with Crippen LogP contribution >= 0.6 is 0 Å². The maximum atomic E-state index is 3.84. The van der Waals surface area contributed by atoms with E-state index in [0.717, 1.165) is 6.54 Å². The summed E-state index contributed by atoms with van der Waals surface area (Å²) in [7, 11) is 0. The van der Waals surface area contributed by atoms with Crippen LogP contribution in [0.1, 0.15) is 71.1 Å². The van der Waals surface area contributed by atoms with Crippen LogP contribution in [0.3, 0.4) is 0 Å². The minimum atomic E-state index is 0.603. The minimum Gasteiger partial charge on any atom is -0.352 e. The zero-order chi connectivity index (χ0) is 12.9. The highest BCUT2D eigenvalue weighted by atomic mass is 15.5. The Labute approximate surface area is 110 Å². The first-order valence-electron chi connectivity index (χ1n) is 7.41. The van der Waals surface area contributed by atoms with Gasteiger partial charge in [-0.1, -0.05) is 69.8 Å². The molecule has 0 fully saturated rings. The molecule has 0 amide bonds. The van der Waals surface area contributed by atoms with E-state index >= 15 is 0 Å². The van der Waals surface area contributed by atoms with Crippen LogP contribution in [0.2, 0.25) is 0 Å². The summed E-state index contributed by atoms with van der Waals surface area (Å²) in [4.78, 5) is 0. The van der Waals surface area contributed by atoms with Crippen molar-refractivity contribution in [2.45, 2.75) is 71.1 Å². The number of nitrogens with zero attached hydrogens (tertiary/aromatic N) is 3. The van der Waals surface area contributed by atoms with Gasteiger partial charge in [0.2, 0.25) is 0 Å². The van der Waals surface area contributed by atoms with Crippen LogP contribution in [0.5, 0.6) is 0 Å². The summed E-state index contributed by atoms with van der Waals surface area (Å²) in [5.74, 6) is 0.603. The maximum absolute atomic E-state index is 3.84. The Morgan fingerprint density at radius 3 is 2.06 bits per heavy atom. The molecule has 0 aromatic carbocycles. The monoisotopic (exact) mass is 253 g/mol. The van der Waals surface area contributed by atoms with Crippen molar-refractivity contribution in [2.24, 2.45) is 0 Å². The molecule has 2 N–H and O–H groups in total. The molecule has 1 aromatic heterocycles. The molecule has 1 heterocycles. The third-order valence-corrected chi connectivity index (χ3v) is 3.16. The lowest BCUT2D eigenvalue weighted by Gasteiger charge is -2.02. The summed E-state index contributed by atoms with van der Waals surface area (Å²) < 4.78 is 0. The van der Waals surface area contributed by atoms with Gasteiger partial charge in [0.1, 0.15) is 0 Å². The Bertz CT molecular complexity index is 260. The predicted octanol–water partition coefficient (Wildman–Crippen LogP) is 3.53. The zero-order valence-electron chi connectivity index (χ0n) is 11.6. The summed E-state index contributed by atoms with van der Waals surface area (Å²) in [5.41, 5.74) is 0. The van der Waals surface area contributed by atoms with Crippen molar-refractivity contribution >= 4 is 5.95 Å². The smallest absolute Gasteiger partial charge is 0.263 e. The molecule has 18 heavy (non-hydrogen) atoms. The Morgan fingerprint density at radius 1 is 0.889 bits per heavy atom. The van der Waals surface area contributed by atoms with Gasteiger partial charge in [-0.15, -0.1) is 5.10 Å². The fourth-order valence-electron chi connectivity index (χ4n) is 2.05. The average molecular weight is 253 g/mol. The van der Waals surface area contributed by atoms with E-state index in [9.17, 15) is 0 Å². The molecular weight excluding hydrogens is 226 g/mol. The molecule has 0 radical (unpaired) electrons. The van der Waals surface area contributed by atoms with Crippen LogP contribution in [0.4, 0.5) is 5.95 Å². The number of anilines is 1. The average Bonchev–Trinajstić information content (AvgIpc) is 2.89. The van der Waals surface area contributed by atoms with Gasteiger partial charge in [-0.05, 0) is 11.6 Å². The molecule has 0 unspecified atom stereocenters. The third kappa shape index (κ3) is 8.03. The van der Waals surface area contributed by atoms with Crippen LogP contribution in [0, 0.1) is 0 Å². The van der Waals surface area contributed by atoms with Gasteiger partial charge >= 0.3 is 0 Å². The second-order valence-corrected chi connectivity index (χ2v) is 4.84. The van der Waals surface area contributed by atoms with Gasteiger partial charge in [0.25, 0.3) is 5.95 Å². The Balaban J connectivity index is 1.73. The van der Waals surface area contributed by atoms with Gasteiger partial charge in [-0.2, -0.15) is 5.21 Å². The van der Waals surface area contributed by atoms with E-state index in [1.54, 1.807) is 0 Å². The summed E-state index contributed by atoms with van der Waals surface area (Å²) >= 11 is 0. The molecule has 0 spiro atoms. The first-order chi connectivity index (χ1) is 8.93. The second-order valence-electron chi connectivity index (χ2n) is 4.84. The van der Waals surface area contributed by atoms with Crippen molar-refractivity contribution in [3.63, 3.8) is 0 Å². The summed E-state index contributed by atoms with van der Waals surface area (Å²) in [6.45, 7) is 3.21. The fourth-order valence-corrected chi connectivity index (χ4v) is 2.05. The van der Waals surface area contributed by atoms with Gasteiger partial charge in [0.05, 0.1) is 0 Å². The molecule has 1 aromatic rings. The first-order valence-corrected chi connectivity index (χ1v) is 7.41. The Hall–Kier alpha value is -1.13. The van der Waals surface area contributed by atoms with Gasteiger partial charge in [-0.25, -0.2) is 0 Å². The number of hydrogen-bond donors (Lipinski definition) is 2. The largest absolute Gasteiger partial charge is 0.352 e. The van der Waals surface area contributed by atoms with E-state index in [0.29, 0.717) is 5.95 Å². The van der Waals surface area contributed by atoms with E-state index in [-0.39, 0.29) is 0 Å². The van der Waals surface area contributed by atoms with Gasteiger partial charge in [-0.3, -0.25) is 0 Å². The maximum Gasteiger partial charge on any atom is 0.263 e. The number of nitrogens with one attached hydrogen (secondary N) is 2. The van der Waals surface area contributed by atoms with Crippen molar-refractivity contribution in [3.8, 4) is 0 Å². The van der Waals surface area contributed by atoms with Crippen molar-refractivity contribution in [2.75, 3.05) is 11.9 Å². The van der Waals surface area contributed by atoms with Gasteiger partial charge < -0.3 is 5.32 Å². The molecular formula is C13H27N5. The van der Waals surface area contributed by atoms with Crippen molar-refractivity contribution in [3.05, 3.63) is 0 Å². The fraction of sp³-hybridized carbons (Fsp3) is 0.923. The Morgan fingerprint density at radius 2 is 1.50 bits per heavy atom. The topological polar surface area (TPSA) is 66.5 Å². The highest BCUT2D eigenvalue weighted by Gasteiger charge is 1.95. The van der Waals surface area contributed by atoms with Crippen LogP contribution < -0.4 is 5.32 Å². The predicted molar refractivity (Wildman–Crippen MR) is 74.5 cm³/mol. The number of aromatic nitrogens is 4. The second kappa shape index (κ2) is 11.0. The van der Waals surface area contributed by atoms with Gasteiger partial charge in [0, 0.05) is 6.54 Å². The number of hydrogen-bond acceptors (Lipinski definition) is 4. The van der Waals surface area contributed by atoms with Crippen LogP contribution in [0.25, 0.3) is 0 Å². The zero-order valence-corrected chi connectivity index (χ0v) is 11.6. The molecule has 0 aliphatic heterocycles. The summed E-state index contributed by atoms with van der Waals surface area (Å²) in [5, 5.41) is 16.7. The van der Waals surface area contributed by atoms with Crippen molar-refractivity contribution in [1.29, 1.82) is 0 Å². The number of aromatic amines is 1. The third-order valence-electron chi connectivity index (χ3n) is 3.16. The molecule has 0 aliphatic carbocycles. The lowest BCUT2D eigenvalue weighted by molar-refractivity contribution is 0.559. The molecule has 104 valence electrons. The quantitative estimate of drug-likeness (QED) is 0.559.